The summed E-state index contributed by atoms with van der Waals surface area (Å²) in [6, 6.07) is 3.97. The molecule has 0 radical (unpaired) electrons. The van der Waals surface area contributed by atoms with Crippen molar-refractivity contribution in [1.29, 1.82) is 0 Å². The Morgan fingerprint density at radius 1 is 1.24 bits per heavy atom. The van der Waals surface area contributed by atoms with E-state index < -0.39 is 16.1 Å². The van der Waals surface area contributed by atoms with Crippen molar-refractivity contribution in [2.24, 2.45) is 4.40 Å². The summed E-state index contributed by atoms with van der Waals surface area (Å²) in [5.41, 5.74) is 2.96. The van der Waals surface area contributed by atoms with Crippen LogP contribution in [-0.4, -0.2) is 53.0 Å². The van der Waals surface area contributed by atoms with Gasteiger partial charge in [0.2, 0.25) is 0 Å². The summed E-state index contributed by atoms with van der Waals surface area (Å²) in [4.78, 5) is 9.58. The SMILES string of the molecule is COc1cc2c(cc1C(C)=N[S+]([O-])C(C)(C)C)-c1nc(-c3nc(C)nn3C(C)C)cn1CCO2. The second-order valence-electron chi connectivity index (χ2n) is 9.60. The number of hydrogen-bond donors (Lipinski definition) is 0. The van der Waals surface area contributed by atoms with Gasteiger partial charge in [-0.3, -0.25) is 0 Å². The molecule has 3 heterocycles. The van der Waals surface area contributed by atoms with Crippen molar-refractivity contribution in [2.45, 2.75) is 65.8 Å². The first-order valence-electron chi connectivity index (χ1n) is 11.3. The highest BCUT2D eigenvalue weighted by atomic mass is 32.2. The van der Waals surface area contributed by atoms with Crippen LogP contribution in [0.25, 0.3) is 22.9 Å². The molecule has 0 saturated heterocycles. The van der Waals surface area contributed by atoms with Gasteiger partial charge in [-0.15, -0.1) is 0 Å². The number of aromatic nitrogens is 5. The molecule has 2 aromatic heterocycles. The van der Waals surface area contributed by atoms with E-state index in [1.807, 2.05) is 57.6 Å². The minimum atomic E-state index is -1.39. The zero-order chi connectivity index (χ0) is 24.8. The summed E-state index contributed by atoms with van der Waals surface area (Å²) in [5, 5.41) is 4.53. The molecule has 0 spiro atoms. The van der Waals surface area contributed by atoms with Crippen LogP contribution in [0.3, 0.4) is 0 Å². The maximum absolute atomic E-state index is 12.7. The van der Waals surface area contributed by atoms with Gasteiger partial charge in [0.25, 0.3) is 0 Å². The molecule has 1 unspecified atom stereocenters. The molecule has 3 aromatic rings. The Morgan fingerprint density at radius 3 is 2.62 bits per heavy atom. The first-order chi connectivity index (χ1) is 16.0. The van der Waals surface area contributed by atoms with Crippen molar-refractivity contribution in [2.75, 3.05) is 13.7 Å². The molecule has 10 heteroatoms. The number of fused-ring (bicyclic) bond motifs is 3. The lowest BCUT2D eigenvalue weighted by atomic mass is 10.0. The highest BCUT2D eigenvalue weighted by Gasteiger charge is 2.29. The molecule has 9 nitrogen and oxygen atoms in total. The molecule has 1 aliphatic heterocycles. The van der Waals surface area contributed by atoms with Crippen molar-refractivity contribution in [1.82, 2.24) is 24.3 Å². The molecule has 0 fully saturated rings. The molecule has 0 N–H and O–H groups in total. The summed E-state index contributed by atoms with van der Waals surface area (Å²) in [6.07, 6.45) is 2.00. The fraction of sp³-hybridized carbons (Fsp3) is 0.500. The van der Waals surface area contributed by atoms with Crippen LogP contribution in [0.15, 0.2) is 22.7 Å². The van der Waals surface area contributed by atoms with Gasteiger partial charge in [-0.2, -0.15) is 5.10 Å². The number of ether oxygens (including phenoxy) is 2. The molecule has 0 aliphatic carbocycles. The van der Waals surface area contributed by atoms with E-state index in [1.165, 1.54) is 0 Å². The second-order valence-corrected chi connectivity index (χ2v) is 11.5. The summed E-state index contributed by atoms with van der Waals surface area (Å²) in [5.74, 6) is 3.51. The molecule has 1 aromatic carbocycles. The Bertz CT molecular complexity index is 1240. The predicted molar refractivity (Wildman–Crippen MR) is 134 cm³/mol. The average molecular weight is 485 g/mol. The van der Waals surface area contributed by atoms with E-state index in [0.717, 1.165) is 28.5 Å². The second kappa shape index (κ2) is 9.07. The van der Waals surface area contributed by atoms with Crippen LogP contribution in [0.2, 0.25) is 0 Å². The number of imidazole rings is 1. The largest absolute Gasteiger partial charge is 0.591 e. The van der Waals surface area contributed by atoms with Gasteiger partial charge in [-0.05, 0) is 54.5 Å². The summed E-state index contributed by atoms with van der Waals surface area (Å²) in [6.45, 7) is 14.7. The van der Waals surface area contributed by atoms with E-state index in [2.05, 4.69) is 32.9 Å². The number of nitrogens with zero attached hydrogens (tertiary/aromatic N) is 6. The van der Waals surface area contributed by atoms with Gasteiger partial charge in [-0.1, -0.05) is 4.40 Å². The van der Waals surface area contributed by atoms with Crippen LogP contribution < -0.4 is 9.47 Å². The van der Waals surface area contributed by atoms with Crippen molar-refractivity contribution < 1.29 is 14.0 Å². The molecule has 0 bridgehead atoms. The lowest BCUT2D eigenvalue weighted by Gasteiger charge is -2.19. The zero-order valence-corrected chi connectivity index (χ0v) is 21.9. The number of benzene rings is 1. The van der Waals surface area contributed by atoms with Gasteiger partial charge in [-0.25, -0.2) is 14.6 Å². The number of aryl methyl sites for hydroxylation is 1. The Balaban J connectivity index is 1.85. The first kappa shape index (κ1) is 24.3. The summed E-state index contributed by atoms with van der Waals surface area (Å²) in [7, 11) is 1.61. The third-order valence-corrected chi connectivity index (χ3v) is 6.99. The van der Waals surface area contributed by atoms with E-state index in [1.54, 1.807) is 7.11 Å². The van der Waals surface area contributed by atoms with Crippen molar-refractivity contribution in [3.8, 4) is 34.4 Å². The third kappa shape index (κ3) is 4.56. The Labute approximate surface area is 203 Å². The maximum atomic E-state index is 12.7. The molecule has 4 rings (SSSR count). The monoisotopic (exact) mass is 484 g/mol. The fourth-order valence-electron chi connectivity index (χ4n) is 3.75. The van der Waals surface area contributed by atoms with Crippen molar-refractivity contribution in [3.05, 3.63) is 29.7 Å². The highest BCUT2D eigenvalue weighted by Crippen LogP contribution is 2.39. The molecular formula is C24H32N6O3S. The molecular weight excluding hydrogens is 452 g/mol. The van der Waals surface area contributed by atoms with E-state index in [4.69, 9.17) is 14.5 Å². The first-order valence-corrected chi connectivity index (χ1v) is 12.4. The van der Waals surface area contributed by atoms with Gasteiger partial charge >= 0.3 is 0 Å². The van der Waals surface area contributed by atoms with Crippen LogP contribution in [0.5, 0.6) is 11.5 Å². The molecule has 0 amide bonds. The maximum Gasteiger partial charge on any atom is 0.178 e. The summed E-state index contributed by atoms with van der Waals surface area (Å²) < 4.78 is 32.3. The quantitative estimate of drug-likeness (QED) is 0.394. The predicted octanol–water partition coefficient (Wildman–Crippen LogP) is 4.37. The van der Waals surface area contributed by atoms with Crippen molar-refractivity contribution in [3.63, 3.8) is 0 Å². The molecule has 1 atom stereocenters. The van der Waals surface area contributed by atoms with Gasteiger partial charge in [0.1, 0.15) is 51.6 Å². The molecule has 34 heavy (non-hydrogen) atoms. The fourth-order valence-corrected chi connectivity index (χ4v) is 4.37. The van der Waals surface area contributed by atoms with Gasteiger partial charge in [0.15, 0.2) is 5.82 Å². The lowest BCUT2D eigenvalue weighted by Crippen LogP contribution is -2.26. The van der Waals surface area contributed by atoms with E-state index in [-0.39, 0.29) is 6.04 Å². The van der Waals surface area contributed by atoms with Gasteiger partial charge in [0, 0.05) is 23.9 Å². The topological polar surface area (TPSA) is 102 Å². The number of methoxy groups -OCH3 is 1. The van der Waals surface area contributed by atoms with E-state index in [0.29, 0.717) is 36.2 Å². The standard InChI is InChI=1S/C24H32N6O3S/c1-14(2)30-23(25-16(4)27-30)19-13-29-9-10-33-21-12-20(32-8)17(11-18(21)22(29)26-19)15(3)28-34(31)24(5,6)7/h11-14H,9-10H2,1-8H3. The van der Waals surface area contributed by atoms with E-state index >= 15 is 0 Å². The normalized spacial score (nSPS) is 14.9. The molecule has 0 saturated carbocycles. The number of rotatable bonds is 5. The zero-order valence-electron chi connectivity index (χ0n) is 21.0. The minimum Gasteiger partial charge on any atom is -0.591 e. The van der Waals surface area contributed by atoms with Gasteiger partial charge in [0.05, 0.1) is 24.9 Å². The Hall–Kier alpha value is -2.85. The summed E-state index contributed by atoms with van der Waals surface area (Å²) >= 11 is -1.39. The Kier molecular flexibility index (Phi) is 6.48. The molecule has 182 valence electrons. The Morgan fingerprint density at radius 2 is 1.97 bits per heavy atom. The average Bonchev–Trinajstić information content (AvgIpc) is 3.32. The number of hydrogen-bond acceptors (Lipinski definition) is 7. The van der Waals surface area contributed by atoms with E-state index in [9.17, 15) is 4.55 Å². The minimum absolute atomic E-state index is 0.159. The molecule has 1 aliphatic rings. The smallest absolute Gasteiger partial charge is 0.178 e. The van der Waals surface area contributed by atoms with Crippen LogP contribution in [0, 0.1) is 6.92 Å². The van der Waals surface area contributed by atoms with Crippen LogP contribution in [-0.2, 0) is 17.9 Å². The lowest BCUT2D eigenvalue weighted by molar-refractivity contribution is 0.304. The van der Waals surface area contributed by atoms with Crippen LogP contribution in [0.4, 0.5) is 0 Å². The van der Waals surface area contributed by atoms with Gasteiger partial charge < -0.3 is 18.6 Å². The van der Waals surface area contributed by atoms with Crippen LogP contribution in [0.1, 0.15) is 59.0 Å². The van der Waals surface area contributed by atoms with Crippen molar-refractivity contribution >= 4 is 17.1 Å². The third-order valence-electron chi connectivity index (χ3n) is 5.50. The highest BCUT2D eigenvalue weighted by molar-refractivity contribution is 7.91. The van der Waals surface area contributed by atoms with Crippen LogP contribution >= 0.6 is 0 Å².